The minimum atomic E-state index is -0.283. The molecule has 0 heterocycles. The zero-order valence-corrected chi connectivity index (χ0v) is 12.3. The fraction of sp³-hybridized carbons (Fsp3) is 0.0588. The summed E-state index contributed by atoms with van der Waals surface area (Å²) in [6, 6.07) is 15.1. The first kappa shape index (κ1) is 15.0. The number of nitrogens with zero attached hydrogens (tertiary/aromatic N) is 1. The molecule has 0 aromatic heterocycles. The number of amides is 1. The summed E-state index contributed by atoms with van der Waals surface area (Å²) < 4.78 is 0. The predicted molar refractivity (Wildman–Crippen MR) is 87.4 cm³/mol. The molecular weight excluding hydrogens is 284 g/mol. The van der Waals surface area contributed by atoms with Crippen molar-refractivity contribution in [3.05, 3.63) is 76.3 Å². The van der Waals surface area contributed by atoms with Gasteiger partial charge < -0.3 is 0 Å². The lowest BCUT2D eigenvalue weighted by Crippen LogP contribution is -2.14. The van der Waals surface area contributed by atoms with Crippen molar-refractivity contribution in [1.82, 2.24) is 5.43 Å². The molecule has 0 aliphatic rings. The monoisotopic (exact) mass is 298 g/mol. The van der Waals surface area contributed by atoms with Crippen LogP contribution < -0.4 is 5.43 Å². The summed E-state index contributed by atoms with van der Waals surface area (Å²) in [5.74, 6) is -0.283. The van der Waals surface area contributed by atoms with E-state index in [4.69, 9.17) is 11.6 Å². The van der Waals surface area contributed by atoms with E-state index >= 15 is 0 Å². The summed E-state index contributed by atoms with van der Waals surface area (Å²) in [6.07, 6.45) is 4.74. The average molecular weight is 299 g/mol. The molecule has 0 fully saturated rings. The van der Waals surface area contributed by atoms with E-state index < -0.39 is 0 Å². The maximum Gasteiger partial charge on any atom is 0.264 e. The number of hydrazone groups is 1. The number of halogens is 1. The lowest BCUT2D eigenvalue weighted by molar-refractivity contribution is -0.116. The van der Waals surface area contributed by atoms with E-state index in [1.54, 1.807) is 24.4 Å². The lowest BCUT2D eigenvalue weighted by atomic mass is 10.2. The lowest BCUT2D eigenvalue weighted by Gasteiger charge is -1.96. The summed E-state index contributed by atoms with van der Waals surface area (Å²) in [6.45, 7) is 2.00. The van der Waals surface area contributed by atoms with Crippen LogP contribution in [0.3, 0.4) is 0 Å². The van der Waals surface area contributed by atoms with Gasteiger partial charge in [-0.15, -0.1) is 0 Å². The number of benzene rings is 2. The van der Waals surface area contributed by atoms with Gasteiger partial charge in [-0.1, -0.05) is 53.6 Å². The van der Waals surface area contributed by atoms with E-state index in [0.29, 0.717) is 5.02 Å². The van der Waals surface area contributed by atoms with Crippen molar-refractivity contribution in [2.45, 2.75) is 6.92 Å². The van der Waals surface area contributed by atoms with E-state index in [1.807, 2.05) is 43.3 Å². The van der Waals surface area contributed by atoms with Crippen LogP contribution >= 0.6 is 11.6 Å². The molecule has 1 amide bonds. The number of hydrogen-bond donors (Lipinski definition) is 1. The van der Waals surface area contributed by atoms with Crippen LogP contribution in [0.15, 0.2) is 59.7 Å². The van der Waals surface area contributed by atoms with Crippen LogP contribution in [0.5, 0.6) is 0 Å². The zero-order chi connectivity index (χ0) is 15.1. The molecule has 0 aliphatic carbocycles. The molecule has 0 radical (unpaired) electrons. The molecule has 2 aromatic carbocycles. The highest BCUT2D eigenvalue weighted by molar-refractivity contribution is 6.30. The number of aryl methyl sites for hydroxylation is 1. The van der Waals surface area contributed by atoms with Crippen molar-refractivity contribution >= 4 is 29.8 Å². The van der Waals surface area contributed by atoms with E-state index in [2.05, 4.69) is 10.5 Å². The highest BCUT2D eigenvalue weighted by Gasteiger charge is 1.93. The molecule has 4 heteroatoms. The first-order valence-electron chi connectivity index (χ1n) is 6.47. The molecule has 0 saturated carbocycles. The summed E-state index contributed by atoms with van der Waals surface area (Å²) >= 11 is 5.79. The predicted octanol–water partition coefficient (Wildman–Crippen LogP) is 3.81. The zero-order valence-electron chi connectivity index (χ0n) is 11.6. The van der Waals surface area contributed by atoms with Gasteiger partial charge in [-0.3, -0.25) is 4.79 Å². The molecule has 2 rings (SSSR count). The third kappa shape index (κ3) is 5.24. The van der Waals surface area contributed by atoms with E-state index in [0.717, 1.165) is 16.7 Å². The second-order valence-electron chi connectivity index (χ2n) is 4.53. The van der Waals surface area contributed by atoms with Gasteiger partial charge in [-0.25, -0.2) is 5.43 Å². The van der Waals surface area contributed by atoms with Crippen molar-refractivity contribution < 1.29 is 4.79 Å². The fourth-order valence-electron chi connectivity index (χ4n) is 1.70. The Hall–Kier alpha value is -2.39. The Balaban J connectivity index is 1.88. The van der Waals surface area contributed by atoms with Crippen LogP contribution in [-0.4, -0.2) is 12.1 Å². The second-order valence-corrected chi connectivity index (χ2v) is 4.97. The van der Waals surface area contributed by atoms with Crippen molar-refractivity contribution in [3.8, 4) is 0 Å². The Morgan fingerprint density at radius 1 is 1.14 bits per heavy atom. The third-order valence-electron chi connectivity index (χ3n) is 2.73. The van der Waals surface area contributed by atoms with Crippen molar-refractivity contribution in [2.24, 2.45) is 5.10 Å². The second kappa shape index (κ2) is 7.41. The van der Waals surface area contributed by atoms with Gasteiger partial charge in [-0.2, -0.15) is 5.10 Å². The fourth-order valence-corrected chi connectivity index (χ4v) is 1.83. The summed E-state index contributed by atoms with van der Waals surface area (Å²) in [7, 11) is 0. The Morgan fingerprint density at radius 2 is 1.90 bits per heavy atom. The molecule has 0 unspecified atom stereocenters. The molecule has 0 aliphatic heterocycles. The van der Waals surface area contributed by atoms with Crippen molar-refractivity contribution in [2.75, 3.05) is 0 Å². The quantitative estimate of drug-likeness (QED) is 0.520. The van der Waals surface area contributed by atoms with Crippen LogP contribution in [0, 0.1) is 6.92 Å². The van der Waals surface area contributed by atoms with Crippen LogP contribution in [0.25, 0.3) is 6.08 Å². The van der Waals surface area contributed by atoms with Crippen molar-refractivity contribution in [1.29, 1.82) is 0 Å². The molecule has 3 nitrogen and oxygen atoms in total. The summed E-state index contributed by atoms with van der Waals surface area (Å²) in [5, 5.41) is 4.58. The Kier molecular flexibility index (Phi) is 5.29. The topological polar surface area (TPSA) is 41.5 Å². The molecule has 106 valence electrons. The minimum Gasteiger partial charge on any atom is -0.268 e. The van der Waals surface area contributed by atoms with Gasteiger partial charge in [0.05, 0.1) is 6.21 Å². The molecule has 0 bridgehead atoms. The number of hydrogen-bond acceptors (Lipinski definition) is 2. The molecule has 0 saturated heterocycles. The van der Waals surface area contributed by atoms with Gasteiger partial charge in [0.1, 0.15) is 0 Å². The van der Waals surface area contributed by atoms with Gasteiger partial charge in [0, 0.05) is 11.1 Å². The number of nitrogens with one attached hydrogen (secondary N) is 1. The summed E-state index contributed by atoms with van der Waals surface area (Å²) in [4.78, 5) is 11.6. The highest BCUT2D eigenvalue weighted by Crippen LogP contribution is 2.10. The number of carbonyl (C=O) groups is 1. The van der Waals surface area contributed by atoms with Gasteiger partial charge in [-0.05, 0) is 36.3 Å². The van der Waals surface area contributed by atoms with Crippen LogP contribution in [-0.2, 0) is 4.79 Å². The Morgan fingerprint density at radius 3 is 2.62 bits per heavy atom. The van der Waals surface area contributed by atoms with Gasteiger partial charge in [0.25, 0.3) is 5.91 Å². The summed E-state index contributed by atoms with van der Waals surface area (Å²) in [5.41, 5.74) is 5.44. The average Bonchev–Trinajstić information content (AvgIpc) is 2.47. The van der Waals surface area contributed by atoms with E-state index in [-0.39, 0.29) is 5.91 Å². The molecule has 2 aromatic rings. The van der Waals surface area contributed by atoms with Crippen LogP contribution in [0.4, 0.5) is 0 Å². The highest BCUT2D eigenvalue weighted by atomic mass is 35.5. The first-order valence-corrected chi connectivity index (χ1v) is 6.84. The molecular formula is C17H15ClN2O. The van der Waals surface area contributed by atoms with Crippen molar-refractivity contribution in [3.63, 3.8) is 0 Å². The largest absolute Gasteiger partial charge is 0.268 e. The normalized spacial score (nSPS) is 11.1. The molecule has 1 N–H and O–H groups in total. The molecule has 0 spiro atoms. The van der Waals surface area contributed by atoms with Gasteiger partial charge >= 0.3 is 0 Å². The number of rotatable bonds is 4. The van der Waals surface area contributed by atoms with Crippen LogP contribution in [0.1, 0.15) is 16.7 Å². The maximum atomic E-state index is 11.6. The maximum absolute atomic E-state index is 11.6. The number of carbonyl (C=O) groups excluding carboxylic acids is 1. The Labute approximate surface area is 129 Å². The Bertz CT molecular complexity index is 675. The molecule has 21 heavy (non-hydrogen) atoms. The van der Waals surface area contributed by atoms with Gasteiger partial charge in [0.15, 0.2) is 0 Å². The van der Waals surface area contributed by atoms with Crippen LogP contribution in [0.2, 0.25) is 5.02 Å². The minimum absolute atomic E-state index is 0.283. The van der Waals surface area contributed by atoms with E-state index in [1.165, 1.54) is 6.08 Å². The standard InChI is InChI=1S/C17H15ClN2O/c1-13-3-2-4-15(11-13)12-19-20-17(21)10-7-14-5-8-16(18)9-6-14/h2-12H,1H3,(H,20,21)/b10-7+,19-12-. The van der Waals surface area contributed by atoms with Gasteiger partial charge in [0.2, 0.25) is 0 Å². The third-order valence-corrected chi connectivity index (χ3v) is 2.98. The molecule has 0 atom stereocenters. The smallest absolute Gasteiger partial charge is 0.264 e. The first-order chi connectivity index (χ1) is 10.1. The van der Waals surface area contributed by atoms with E-state index in [9.17, 15) is 4.79 Å². The SMILES string of the molecule is Cc1cccc(/C=N\NC(=O)/C=C/c2ccc(Cl)cc2)c1.